The molecule has 0 saturated carbocycles. The first-order valence-electron chi connectivity index (χ1n) is 8.91. The highest BCUT2D eigenvalue weighted by Gasteiger charge is 2.39. The molecule has 1 saturated heterocycles. The van der Waals surface area contributed by atoms with E-state index in [1.807, 2.05) is 17.9 Å². The topological polar surface area (TPSA) is 112 Å². The molecule has 2 aromatic rings. The SMILES string of the molecule is CCN(CC(=O)N[C@]1(C)CCS(=O)(=O)C1)Cc1nc2ccccc2c(=O)[nH]1. The number of fused-ring (bicyclic) bond motifs is 1. The molecule has 2 heterocycles. The van der Waals surface area contributed by atoms with Crippen LogP contribution < -0.4 is 10.9 Å². The lowest BCUT2D eigenvalue weighted by Gasteiger charge is -2.26. The molecule has 2 N–H and O–H groups in total. The number of para-hydroxylation sites is 1. The Morgan fingerprint density at radius 2 is 2.11 bits per heavy atom. The smallest absolute Gasteiger partial charge is 0.258 e. The van der Waals surface area contributed by atoms with Crippen molar-refractivity contribution >= 4 is 26.6 Å². The summed E-state index contributed by atoms with van der Waals surface area (Å²) in [5.41, 5.74) is -0.314. The van der Waals surface area contributed by atoms with Crippen molar-refractivity contribution in [1.29, 1.82) is 0 Å². The summed E-state index contributed by atoms with van der Waals surface area (Å²) in [4.78, 5) is 33.7. The number of carbonyl (C=O) groups excluding carboxylic acids is 1. The van der Waals surface area contributed by atoms with Crippen molar-refractivity contribution in [3.05, 3.63) is 40.4 Å². The van der Waals surface area contributed by atoms with Gasteiger partial charge in [0.2, 0.25) is 5.91 Å². The van der Waals surface area contributed by atoms with Gasteiger partial charge in [-0.05, 0) is 32.0 Å². The molecule has 27 heavy (non-hydrogen) atoms. The van der Waals surface area contributed by atoms with E-state index in [9.17, 15) is 18.0 Å². The number of aromatic nitrogens is 2. The minimum atomic E-state index is -3.09. The lowest BCUT2D eigenvalue weighted by Crippen LogP contribution is -2.50. The number of benzene rings is 1. The molecular weight excluding hydrogens is 368 g/mol. The molecule has 0 radical (unpaired) electrons. The number of hydrogen-bond donors (Lipinski definition) is 2. The third-order valence-electron chi connectivity index (χ3n) is 4.79. The number of hydrogen-bond acceptors (Lipinski definition) is 6. The van der Waals surface area contributed by atoms with Gasteiger partial charge in [0.25, 0.3) is 5.56 Å². The standard InChI is InChI=1S/C18H24N4O4S/c1-3-22(11-16(23)21-18(2)8-9-27(25,26)12-18)10-15-19-14-7-5-4-6-13(14)17(24)20-15/h4-7H,3,8-12H2,1-2H3,(H,21,23)(H,19,20,24)/t18-/m1/s1. The van der Waals surface area contributed by atoms with Gasteiger partial charge in [-0.3, -0.25) is 14.5 Å². The fraction of sp³-hybridized carbons (Fsp3) is 0.500. The monoisotopic (exact) mass is 392 g/mol. The van der Waals surface area contributed by atoms with Crippen molar-refractivity contribution in [1.82, 2.24) is 20.2 Å². The van der Waals surface area contributed by atoms with Gasteiger partial charge in [-0.15, -0.1) is 0 Å². The highest BCUT2D eigenvalue weighted by molar-refractivity contribution is 7.91. The van der Waals surface area contributed by atoms with Gasteiger partial charge in [0.15, 0.2) is 9.84 Å². The van der Waals surface area contributed by atoms with Gasteiger partial charge in [-0.2, -0.15) is 0 Å². The van der Waals surface area contributed by atoms with E-state index in [2.05, 4.69) is 15.3 Å². The number of carbonyl (C=O) groups is 1. The molecular formula is C18H24N4O4S. The van der Waals surface area contributed by atoms with E-state index in [-0.39, 0.29) is 29.5 Å². The van der Waals surface area contributed by atoms with Crippen LogP contribution in [0.4, 0.5) is 0 Å². The first-order chi connectivity index (χ1) is 12.7. The lowest BCUT2D eigenvalue weighted by molar-refractivity contribution is -0.123. The largest absolute Gasteiger partial charge is 0.349 e. The van der Waals surface area contributed by atoms with Crippen LogP contribution in [0.5, 0.6) is 0 Å². The van der Waals surface area contributed by atoms with Gasteiger partial charge in [0.1, 0.15) is 5.82 Å². The molecule has 0 unspecified atom stereocenters. The molecule has 1 aromatic carbocycles. The van der Waals surface area contributed by atoms with Gasteiger partial charge < -0.3 is 10.3 Å². The number of nitrogens with one attached hydrogen (secondary N) is 2. The van der Waals surface area contributed by atoms with Crippen LogP contribution in [-0.4, -0.2) is 59.3 Å². The minimum absolute atomic E-state index is 0.0303. The number of sulfone groups is 1. The van der Waals surface area contributed by atoms with Gasteiger partial charge >= 0.3 is 0 Å². The normalized spacial score (nSPS) is 21.6. The summed E-state index contributed by atoms with van der Waals surface area (Å²) in [5.74, 6) is 0.323. The maximum atomic E-state index is 12.4. The average molecular weight is 392 g/mol. The highest BCUT2D eigenvalue weighted by atomic mass is 32.2. The van der Waals surface area contributed by atoms with Crippen molar-refractivity contribution in [3.63, 3.8) is 0 Å². The predicted octanol–water partition coefficient (Wildman–Crippen LogP) is 0.438. The van der Waals surface area contributed by atoms with Crippen LogP contribution in [0, 0.1) is 0 Å². The summed E-state index contributed by atoms with van der Waals surface area (Å²) in [6.45, 7) is 4.67. The fourth-order valence-corrected chi connectivity index (χ4v) is 5.48. The Kier molecular flexibility index (Phi) is 5.34. The Morgan fingerprint density at radius 1 is 1.37 bits per heavy atom. The lowest BCUT2D eigenvalue weighted by atomic mass is 10.0. The van der Waals surface area contributed by atoms with Gasteiger partial charge in [0.05, 0.1) is 41.0 Å². The van der Waals surface area contributed by atoms with Crippen LogP contribution in [0.3, 0.4) is 0 Å². The number of aromatic amines is 1. The van der Waals surface area contributed by atoms with E-state index < -0.39 is 15.4 Å². The second kappa shape index (κ2) is 7.40. The Bertz CT molecular complexity index is 1020. The second-order valence-corrected chi connectivity index (χ2v) is 9.47. The van der Waals surface area contributed by atoms with E-state index in [1.165, 1.54) is 0 Å². The summed E-state index contributed by atoms with van der Waals surface area (Å²) in [6.07, 6.45) is 0.423. The Hall–Kier alpha value is -2.26. The second-order valence-electron chi connectivity index (χ2n) is 7.28. The van der Waals surface area contributed by atoms with Crippen molar-refractivity contribution in [2.75, 3.05) is 24.6 Å². The Labute approximate surface area is 157 Å². The molecule has 9 heteroatoms. The summed E-state index contributed by atoms with van der Waals surface area (Å²) in [5, 5.41) is 3.38. The molecule has 1 aliphatic heterocycles. The van der Waals surface area contributed by atoms with Crippen LogP contribution in [0.2, 0.25) is 0 Å². The number of rotatable bonds is 6. The zero-order valence-electron chi connectivity index (χ0n) is 15.5. The summed E-state index contributed by atoms with van der Waals surface area (Å²) in [6, 6.07) is 7.09. The zero-order chi connectivity index (χ0) is 19.7. The van der Waals surface area contributed by atoms with Crippen LogP contribution in [0.1, 0.15) is 26.1 Å². The van der Waals surface area contributed by atoms with Crippen LogP contribution in [0.15, 0.2) is 29.1 Å². The maximum Gasteiger partial charge on any atom is 0.258 e. The Morgan fingerprint density at radius 3 is 2.78 bits per heavy atom. The molecule has 8 nitrogen and oxygen atoms in total. The van der Waals surface area contributed by atoms with E-state index in [4.69, 9.17) is 0 Å². The predicted molar refractivity (Wildman–Crippen MR) is 103 cm³/mol. The summed E-state index contributed by atoms with van der Waals surface area (Å²) >= 11 is 0. The molecule has 3 rings (SSSR count). The number of nitrogens with zero attached hydrogens (tertiary/aromatic N) is 2. The third kappa shape index (κ3) is 4.72. The molecule has 1 aliphatic rings. The Balaban J connectivity index is 1.67. The third-order valence-corrected chi connectivity index (χ3v) is 6.70. The van der Waals surface area contributed by atoms with E-state index >= 15 is 0 Å². The zero-order valence-corrected chi connectivity index (χ0v) is 16.3. The average Bonchev–Trinajstić information content (AvgIpc) is 2.87. The quantitative estimate of drug-likeness (QED) is 0.738. The van der Waals surface area contributed by atoms with E-state index in [0.717, 1.165) is 0 Å². The molecule has 0 bridgehead atoms. The van der Waals surface area contributed by atoms with Gasteiger partial charge in [-0.25, -0.2) is 13.4 Å². The van der Waals surface area contributed by atoms with Crippen molar-refractivity contribution in [2.45, 2.75) is 32.4 Å². The molecule has 1 atom stereocenters. The molecule has 146 valence electrons. The van der Waals surface area contributed by atoms with Crippen LogP contribution in [-0.2, 0) is 21.2 Å². The van der Waals surface area contributed by atoms with Crippen molar-refractivity contribution in [2.24, 2.45) is 0 Å². The molecule has 0 spiro atoms. The van der Waals surface area contributed by atoms with Gasteiger partial charge in [0, 0.05) is 0 Å². The van der Waals surface area contributed by atoms with Crippen molar-refractivity contribution in [3.8, 4) is 0 Å². The number of amides is 1. The first-order valence-corrected chi connectivity index (χ1v) is 10.7. The minimum Gasteiger partial charge on any atom is -0.349 e. The van der Waals surface area contributed by atoms with Gasteiger partial charge in [-0.1, -0.05) is 19.1 Å². The molecule has 0 aliphatic carbocycles. The molecule has 1 amide bonds. The molecule has 1 aromatic heterocycles. The first kappa shape index (κ1) is 19.5. The number of H-pyrrole nitrogens is 1. The highest BCUT2D eigenvalue weighted by Crippen LogP contribution is 2.22. The number of likely N-dealkylation sites (N-methyl/N-ethyl adjacent to an activating group) is 1. The van der Waals surface area contributed by atoms with E-state index in [0.29, 0.717) is 36.2 Å². The maximum absolute atomic E-state index is 12.4. The van der Waals surface area contributed by atoms with E-state index in [1.54, 1.807) is 25.1 Å². The van der Waals surface area contributed by atoms with Crippen LogP contribution in [0.25, 0.3) is 10.9 Å². The summed E-state index contributed by atoms with van der Waals surface area (Å²) < 4.78 is 23.4. The summed E-state index contributed by atoms with van der Waals surface area (Å²) in [7, 11) is -3.09. The molecule has 1 fully saturated rings. The van der Waals surface area contributed by atoms with Crippen LogP contribution >= 0.6 is 0 Å². The fourth-order valence-electron chi connectivity index (χ4n) is 3.39. The van der Waals surface area contributed by atoms with Crippen molar-refractivity contribution < 1.29 is 13.2 Å².